The van der Waals surface area contributed by atoms with E-state index in [1.54, 1.807) is 0 Å². The van der Waals surface area contributed by atoms with Crippen molar-refractivity contribution in [2.24, 2.45) is 0 Å². The Hall–Kier alpha value is -0.650. The van der Waals surface area contributed by atoms with Crippen LogP contribution in [-0.4, -0.2) is 54.6 Å². The Morgan fingerprint density at radius 1 is 1.32 bits per heavy atom. The molecule has 22 heavy (non-hydrogen) atoms. The van der Waals surface area contributed by atoms with Gasteiger partial charge < -0.3 is 14.6 Å². The predicted molar refractivity (Wildman–Crippen MR) is 90.6 cm³/mol. The number of halogens is 1. The van der Waals surface area contributed by atoms with Gasteiger partial charge >= 0.3 is 0 Å². The van der Waals surface area contributed by atoms with Gasteiger partial charge in [-0.05, 0) is 26.3 Å². The second kappa shape index (κ2) is 8.85. The maximum Gasteiger partial charge on any atom is 0.0900 e. The summed E-state index contributed by atoms with van der Waals surface area (Å²) in [5, 5.41) is 10.1. The molecule has 1 aromatic rings. The summed E-state index contributed by atoms with van der Waals surface area (Å²) < 4.78 is 11.1. The standard InChI is InChI=1S/C17H27NO3.ClH/c1-14-4-6-15(7-5-14)11-21-12-16(19)10-18-8-9-20-13-17(18,2)3;/h4-7,16,19H,8-13H2,1-3H3;1H. The van der Waals surface area contributed by atoms with Crippen LogP contribution < -0.4 is 0 Å². The van der Waals surface area contributed by atoms with Gasteiger partial charge in [-0.15, -0.1) is 12.4 Å². The lowest BCUT2D eigenvalue weighted by Gasteiger charge is -2.42. The number of benzene rings is 1. The predicted octanol–water partition coefficient (Wildman–Crippen LogP) is 2.41. The molecule has 1 aromatic carbocycles. The Morgan fingerprint density at radius 2 is 2.00 bits per heavy atom. The highest BCUT2D eigenvalue weighted by molar-refractivity contribution is 5.85. The average Bonchev–Trinajstić information content (AvgIpc) is 2.43. The second-order valence-corrected chi connectivity index (χ2v) is 6.47. The van der Waals surface area contributed by atoms with Crippen molar-refractivity contribution in [2.45, 2.75) is 39.0 Å². The van der Waals surface area contributed by atoms with Gasteiger partial charge in [0.2, 0.25) is 0 Å². The first-order chi connectivity index (χ1) is 9.97. The highest BCUT2D eigenvalue weighted by Crippen LogP contribution is 2.19. The van der Waals surface area contributed by atoms with Crippen molar-refractivity contribution in [1.29, 1.82) is 0 Å². The van der Waals surface area contributed by atoms with Crippen LogP contribution >= 0.6 is 12.4 Å². The lowest BCUT2D eigenvalue weighted by Crippen LogP contribution is -2.55. The van der Waals surface area contributed by atoms with Crippen molar-refractivity contribution in [2.75, 3.05) is 32.9 Å². The van der Waals surface area contributed by atoms with Crippen LogP contribution in [0.5, 0.6) is 0 Å². The van der Waals surface area contributed by atoms with Gasteiger partial charge in [0.25, 0.3) is 0 Å². The molecular formula is C17H28ClNO3. The number of aliphatic hydroxyl groups excluding tert-OH is 1. The first-order valence-electron chi connectivity index (χ1n) is 7.61. The smallest absolute Gasteiger partial charge is 0.0900 e. The Morgan fingerprint density at radius 3 is 2.64 bits per heavy atom. The Labute approximate surface area is 139 Å². The van der Waals surface area contributed by atoms with Crippen LogP contribution in [0.4, 0.5) is 0 Å². The average molecular weight is 330 g/mol. The summed E-state index contributed by atoms with van der Waals surface area (Å²) in [5.41, 5.74) is 2.36. The van der Waals surface area contributed by atoms with E-state index in [9.17, 15) is 5.11 Å². The normalized spacial score (nSPS) is 19.5. The molecule has 4 nitrogen and oxygen atoms in total. The molecular weight excluding hydrogens is 302 g/mol. The van der Waals surface area contributed by atoms with Crippen LogP contribution in [0.3, 0.4) is 0 Å². The van der Waals surface area contributed by atoms with Gasteiger partial charge in [-0.3, -0.25) is 4.90 Å². The highest BCUT2D eigenvalue weighted by atomic mass is 35.5. The number of hydrogen-bond acceptors (Lipinski definition) is 4. The third-order valence-electron chi connectivity index (χ3n) is 3.95. The number of morpholine rings is 1. The van der Waals surface area contributed by atoms with E-state index in [-0.39, 0.29) is 17.9 Å². The summed E-state index contributed by atoms with van der Waals surface area (Å²) in [6, 6.07) is 8.27. The maximum absolute atomic E-state index is 10.1. The Kier molecular flexibility index (Phi) is 7.80. The molecule has 1 N–H and O–H groups in total. The van der Waals surface area contributed by atoms with E-state index in [0.717, 1.165) is 18.7 Å². The molecule has 2 rings (SSSR count). The zero-order chi connectivity index (χ0) is 15.3. The van der Waals surface area contributed by atoms with Crippen molar-refractivity contribution in [3.63, 3.8) is 0 Å². The molecule has 0 bridgehead atoms. The molecule has 1 fully saturated rings. The summed E-state index contributed by atoms with van der Waals surface area (Å²) >= 11 is 0. The van der Waals surface area contributed by atoms with Crippen LogP contribution in [0.1, 0.15) is 25.0 Å². The molecule has 0 spiro atoms. The molecule has 0 radical (unpaired) electrons. The zero-order valence-corrected chi connectivity index (χ0v) is 14.6. The fourth-order valence-corrected chi connectivity index (χ4v) is 2.53. The van der Waals surface area contributed by atoms with E-state index in [1.807, 2.05) is 0 Å². The molecule has 1 unspecified atom stereocenters. The minimum Gasteiger partial charge on any atom is -0.389 e. The van der Waals surface area contributed by atoms with Crippen LogP contribution in [0.2, 0.25) is 0 Å². The topological polar surface area (TPSA) is 41.9 Å². The Bertz CT molecular complexity index is 436. The van der Waals surface area contributed by atoms with Gasteiger partial charge in [0.05, 0.1) is 32.5 Å². The van der Waals surface area contributed by atoms with Crippen molar-refractivity contribution >= 4 is 12.4 Å². The molecule has 126 valence electrons. The van der Waals surface area contributed by atoms with Crippen LogP contribution in [0.15, 0.2) is 24.3 Å². The van der Waals surface area contributed by atoms with E-state index in [1.165, 1.54) is 5.56 Å². The summed E-state index contributed by atoms with van der Waals surface area (Å²) in [6.45, 7) is 10.2. The van der Waals surface area contributed by atoms with Gasteiger partial charge in [-0.25, -0.2) is 0 Å². The van der Waals surface area contributed by atoms with E-state index in [2.05, 4.69) is 49.9 Å². The van der Waals surface area contributed by atoms with Crippen molar-refractivity contribution in [3.05, 3.63) is 35.4 Å². The van der Waals surface area contributed by atoms with E-state index >= 15 is 0 Å². The SMILES string of the molecule is Cc1ccc(COCC(O)CN2CCOCC2(C)C)cc1.Cl. The lowest BCUT2D eigenvalue weighted by atomic mass is 10.0. The number of hydrogen-bond donors (Lipinski definition) is 1. The molecule has 0 amide bonds. The Balaban J connectivity index is 0.00000242. The fourth-order valence-electron chi connectivity index (χ4n) is 2.53. The second-order valence-electron chi connectivity index (χ2n) is 6.47. The lowest BCUT2D eigenvalue weighted by molar-refractivity contribution is -0.0770. The van der Waals surface area contributed by atoms with E-state index in [0.29, 0.717) is 26.4 Å². The fraction of sp³-hybridized carbons (Fsp3) is 0.647. The molecule has 5 heteroatoms. The maximum atomic E-state index is 10.1. The first-order valence-corrected chi connectivity index (χ1v) is 7.61. The van der Waals surface area contributed by atoms with Crippen LogP contribution in [0, 0.1) is 6.92 Å². The van der Waals surface area contributed by atoms with Gasteiger partial charge in [0, 0.05) is 18.6 Å². The third-order valence-corrected chi connectivity index (χ3v) is 3.95. The number of rotatable bonds is 6. The van der Waals surface area contributed by atoms with Crippen molar-refractivity contribution < 1.29 is 14.6 Å². The molecule has 1 aliphatic heterocycles. The molecule has 0 aliphatic carbocycles. The first kappa shape index (κ1) is 19.4. The number of aliphatic hydroxyl groups is 1. The third kappa shape index (κ3) is 5.86. The summed E-state index contributed by atoms with van der Waals surface area (Å²) in [4.78, 5) is 2.27. The number of nitrogens with zero attached hydrogens (tertiary/aromatic N) is 1. The molecule has 0 saturated carbocycles. The summed E-state index contributed by atoms with van der Waals surface area (Å²) in [5.74, 6) is 0. The van der Waals surface area contributed by atoms with Crippen molar-refractivity contribution in [1.82, 2.24) is 4.90 Å². The molecule has 1 aliphatic rings. The largest absolute Gasteiger partial charge is 0.389 e. The van der Waals surface area contributed by atoms with E-state index < -0.39 is 6.10 Å². The quantitative estimate of drug-likeness (QED) is 0.870. The van der Waals surface area contributed by atoms with Crippen molar-refractivity contribution in [3.8, 4) is 0 Å². The van der Waals surface area contributed by atoms with Gasteiger partial charge in [-0.2, -0.15) is 0 Å². The molecule has 1 saturated heterocycles. The number of ether oxygens (including phenoxy) is 2. The molecule has 1 heterocycles. The van der Waals surface area contributed by atoms with Crippen LogP contribution in [-0.2, 0) is 16.1 Å². The summed E-state index contributed by atoms with van der Waals surface area (Å²) in [7, 11) is 0. The minimum atomic E-state index is -0.465. The number of β-amino-alcohol motifs (C(OH)–C–C–N with tert-alkyl or cyclic N) is 1. The molecule has 0 aromatic heterocycles. The molecule has 1 atom stereocenters. The van der Waals surface area contributed by atoms with Gasteiger partial charge in [0.1, 0.15) is 0 Å². The van der Waals surface area contributed by atoms with Gasteiger partial charge in [0.15, 0.2) is 0 Å². The number of aryl methyl sites for hydroxylation is 1. The van der Waals surface area contributed by atoms with Gasteiger partial charge in [-0.1, -0.05) is 29.8 Å². The minimum absolute atomic E-state index is 0. The van der Waals surface area contributed by atoms with E-state index in [4.69, 9.17) is 9.47 Å². The highest BCUT2D eigenvalue weighted by Gasteiger charge is 2.31. The monoisotopic (exact) mass is 329 g/mol. The zero-order valence-electron chi connectivity index (χ0n) is 13.7. The summed E-state index contributed by atoms with van der Waals surface area (Å²) in [6.07, 6.45) is -0.465. The van der Waals surface area contributed by atoms with Crippen LogP contribution in [0.25, 0.3) is 0 Å².